The van der Waals surface area contributed by atoms with Gasteiger partial charge in [-0.1, -0.05) is 32.0 Å². The van der Waals surface area contributed by atoms with E-state index in [1.807, 2.05) is 24.3 Å². The summed E-state index contributed by atoms with van der Waals surface area (Å²) in [5.41, 5.74) is 1.77. The highest BCUT2D eigenvalue weighted by molar-refractivity contribution is 5.96. The van der Waals surface area contributed by atoms with E-state index >= 15 is 0 Å². The molecule has 2 N–H and O–H groups in total. The van der Waals surface area contributed by atoms with Crippen molar-refractivity contribution < 1.29 is 14.3 Å². The number of amides is 2. The van der Waals surface area contributed by atoms with Crippen LogP contribution in [-0.4, -0.2) is 36.6 Å². The van der Waals surface area contributed by atoms with Crippen LogP contribution in [0.5, 0.6) is 0 Å². The maximum Gasteiger partial charge on any atom is 0.251 e. The van der Waals surface area contributed by atoms with Crippen LogP contribution in [0.2, 0.25) is 0 Å². The Kier molecular flexibility index (Phi) is 7.49. The summed E-state index contributed by atoms with van der Waals surface area (Å²) in [7, 11) is 0. The van der Waals surface area contributed by atoms with Gasteiger partial charge in [-0.15, -0.1) is 0 Å². The van der Waals surface area contributed by atoms with Crippen molar-refractivity contribution in [2.75, 3.05) is 6.61 Å². The molecule has 2 fully saturated rings. The van der Waals surface area contributed by atoms with Crippen molar-refractivity contribution in [1.82, 2.24) is 10.6 Å². The lowest BCUT2D eigenvalue weighted by atomic mass is 9.82. The van der Waals surface area contributed by atoms with Crippen molar-refractivity contribution in [2.24, 2.45) is 5.92 Å². The Balaban J connectivity index is 1.67. The number of hydrogen-bond acceptors (Lipinski definition) is 3. The highest BCUT2D eigenvalue weighted by atomic mass is 16.5. The van der Waals surface area contributed by atoms with Crippen LogP contribution >= 0.6 is 0 Å². The molecule has 2 aliphatic carbocycles. The quantitative estimate of drug-likeness (QED) is 0.717. The van der Waals surface area contributed by atoms with Crippen LogP contribution in [-0.2, 0) is 16.0 Å². The minimum atomic E-state index is -0.130. The van der Waals surface area contributed by atoms with E-state index in [9.17, 15) is 9.59 Å². The van der Waals surface area contributed by atoms with E-state index in [0.29, 0.717) is 19.1 Å². The summed E-state index contributed by atoms with van der Waals surface area (Å²) in [6.07, 6.45) is 7.41. The molecule has 2 aliphatic rings. The molecular formula is C23H34N2O3. The second-order valence-corrected chi connectivity index (χ2v) is 8.15. The van der Waals surface area contributed by atoms with Gasteiger partial charge in [-0.3, -0.25) is 9.59 Å². The van der Waals surface area contributed by atoms with Crippen molar-refractivity contribution in [2.45, 2.75) is 83.4 Å². The highest BCUT2D eigenvalue weighted by Gasteiger charge is 2.36. The van der Waals surface area contributed by atoms with Gasteiger partial charge in [0.1, 0.15) is 0 Å². The fourth-order valence-corrected chi connectivity index (χ4v) is 4.17. The van der Waals surface area contributed by atoms with Gasteiger partial charge in [-0.2, -0.15) is 0 Å². The molecule has 2 amide bonds. The summed E-state index contributed by atoms with van der Waals surface area (Å²) in [6.45, 7) is 4.82. The third kappa shape index (κ3) is 5.13. The number of carbonyl (C=O) groups excluding carboxylic acids is 2. The molecule has 0 spiro atoms. The molecule has 0 heterocycles. The Bertz CT molecular complexity index is 672. The Morgan fingerprint density at radius 2 is 1.86 bits per heavy atom. The number of benzene rings is 1. The van der Waals surface area contributed by atoms with Crippen molar-refractivity contribution >= 4 is 11.8 Å². The van der Waals surface area contributed by atoms with Crippen LogP contribution in [0.4, 0.5) is 0 Å². The minimum Gasteiger partial charge on any atom is -0.376 e. The number of carbonyl (C=O) groups is 2. The van der Waals surface area contributed by atoms with E-state index in [-0.39, 0.29) is 29.9 Å². The first-order valence-electron chi connectivity index (χ1n) is 10.9. The maximum absolute atomic E-state index is 13.0. The fourth-order valence-electron chi connectivity index (χ4n) is 4.17. The summed E-state index contributed by atoms with van der Waals surface area (Å²) in [4.78, 5) is 25.6. The second kappa shape index (κ2) is 10.1. The van der Waals surface area contributed by atoms with Gasteiger partial charge < -0.3 is 15.4 Å². The van der Waals surface area contributed by atoms with E-state index in [1.54, 1.807) is 0 Å². The smallest absolute Gasteiger partial charge is 0.251 e. The van der Waals surface area contributed by atoms with Crippen molar-refractivity contribution in [3.05, 3.63) is 35.4 Å². The van der Waals surface area contributed by atoms with Crippen LogP contribution in [0.1, 0.15) is 74.7 Å². The molecule has 3 atom stereocenters. The normalized spacial score (nSPS) is 25.0. The average Bonchev–Trinajstić information content (AvgIpc) is 2.69. The zero-order valence-corrected chi connectivity index (χ0v) is 17.2. The molecule has 0 aromatic heterocycles. The molecular weight excluding hydrogens is 352 g/mol. The average molecular weight is 387 g/mol. The lowest BCUT2D eigenvalue weighted by Gasteiger charge is -2.37. The molecule has 0 aliphatic heterocycles. The van der Waals surface area contributed by atoms with Crippen LogP contribution in [0.15, 0.2) is 24.3 Å². The molecule has 1 aromatic carbocycles. The zero-order valence-electron chi connectivity index (χ0n) is 17.2. The summed E-state index contributed by atoms with van der Waals surface area (Å²) >= 11 is 0. The summed E-state index contributed by atoms with van der Waals surface area (Å²) < 4.78 is 6.03. The summed E-state index contributed by atoms with van der Waals surface area (Å²) in [6, 6.07) is 7.95. The van der Waals surface area contributed by atoms with Gasteiger partial charge in [-0.05, 0) is 63.0 Å². The molecule has 0 saturated heterocycles. The van der Waals surface area contributed by atoms with E-state index in [2.05, 4.69) is 24.5 Å². The second-order valence-electron chi connectivity index (χ2n) is 8.15. The van der Waals surface area contributed by atoms with E-state index in [0.717, 1.165) is 49.7 Å². The SMILES string of the molecule is CCCO[C@@H]1CC[C@H](C(=O)NC2CCC2)C[C@H]1NC(=O)c1ccccc1CC. The third-order valence-electron chi connectivity index (χ3n) is 6.10. The van der Waals surface area contributed by atoms with Crippen molar-refractivity contribution in [3.63, 3.8) is 0 Å². The lowest BCUT2D eigenvalue weighted by molar-refractivity contribution is -0.128. The van der Waals surface area contributed by atoms with Crippen LogP contribution in [0.3, 0.4) is 0 Å². The molecule has 1 aromatic rings. The monoisotopic (exact) mass is 386 g/mol. The Morgan fingerprint density at radius 3 is 2.54 bits per heavy atom. The van der Waals surface area contributed by atoms with Gasteiger partial charge in [0.05, 0.1) is 12.1 Å². The number of rotatable bonds is 8. The largest absolute Gasteiger partial charge is 0.376 e. The molecule has 0 radical (unpaired) electrons. The molecule has 5 heteroatoms. The van der Waals surface area contributed by atoms with Crippen LogP contribution in [0.25, 0.3) is 0 Å². The molecule has 2 saturated carbocycles. The predicted octanol–water partition coefficient (Wildman–Crippen LogP) is 3.61. The van der Waals surface area contributed by atoms with E-state index in [4.69, 9.17) is 4.74 Å². The van der Waals surface area contributed by atoms with Gasteiger partial charge >= 0.3 is 0 Å². The number of hydrogen-bond donors (Lipinski definition) is 2. The summed E-state index contributed by atoms with van der Waals surface area (Å²) in [5.74, 6) is 0.0354. The molecule has 154 valence electrons. The zero-order chi connectivity index (χ0) is 19.9. The van der Waals surface area contributed by atoms with Crippen LogP contribution < -0.4 is 10.6 Å². The van der Waals surface area contributed by atoms with E-state index in [1.165, 1.54) is 6.42 Å². The van der Waals surface area contributed by atoms with Gasteiger partial charge in [0.15, 0.2) is 0 Å². The lowest BCUT2D eigenvalue weighted by Crippen LogP contribution is -2.52. The number of aryl methyl sites for hydroxylation is 1. The third-order valence-corrected chi connectivity index (χ3v) is 6.10. The maximum atomic E-state index is 13.0. The first-order valence-corrected chi connectivity index (χ1v) is 10.9. The van der Waals surface area contributed by atoms with Gasteiger partial charge in [0.2, 0.25) is 5.91 Å². The molecule has 3 rings (SSSR count). The van der Waals surface area contributed by atoms with Gasteiger partial charge in [-0.25, -0.2) is 0 Å². The Labute approximate surface area is 168 Å². The Hall–Kier alpha value is -1.88. The first-order chi connectivity index (χ1) is 13.6. The van der Waals surface area contributed by atoms with Gasteiger partial charge in [0.25, 0.3) is 5.91 Å². The molecule has 0 bridgehead atoms. The summed E-state index contributed by atoms with van der Waals surface area (Å²) in [5, 5.41) is 6.37. The first kappa shape index (κ1) is 20.8. The predicted molar refractivity (Wildman–Crippen MR) is 110 cm³/mol. The van der Waals surface area contributed by atoms with E-state index < -0.39 is 0 Å². The number of ether oxygens (including phenoxy) is 1. The molecule has 5 nitrogen and oxygen atoms in total. The fraction of sp³-hybridized carbons (Fsp3) is 0.652. The number of nitrogens with one attached hydrogen (secondary N) is 2. The van der Waals surface area contributed by atoms with Crippen molar-refractivity contribution in [3.8, 4) is 0 Å². The Morgan fingerprint density at radius 1 is 1.07 bits per heavy atom. The van der Waals surface area contributed by atoms with Crippen LogP contribution in [0, 0.1) is 5.92 Å². The molecule has 28 heavy (non-hydrogen) atoms. The highest BCUT2D eigenvalue weighted by Crippen LogP contribution is 2.29. The van der Waals surface area contributed by atoms with Gasteiger partial charge in [0, 0.05) is 24.1 Å². The topological polar surface area (TPSA) is 67.4 Å². The van der Waals surface area contributed by atoms with Crippen molar-refractivity contribution in [1.29, 1.82) is 0 Å². The standard InChI is InChI=1S/C23H34N2O3/c1-3-14-28-21-13-12-17(22(26)24-18-9-7-10-18)15-20(21)25-23(27)19-11-6-5-8-16(19)4-2/h5-6,8,11,17-18,20-21H,3-4,7,9-10,12-15H2,1-2H3,(H,24,26)(H,25,27)/t17-,20+,21+/m0/s1. The minimum absolute atomic E-state index is 0.0227. The molecule has 0 unspecified atom stereocenters.